The van der Waals surface area contributed by atoms with Gasteiger partial charge in [0.1, 0.15) is 0 Å². The minimum absolute atomic E-state index is 0.120. The fourth-order valence-electron chi connectivity index (χ4n) is 1.50. The molecule has 0 spiro atoms. The van der Waals surface area contributed by atoms with Gasteiger partial charge in [0.15, 0.2) is 12.2 Å². The van der Waals surface area contributed by atoms with Crippen LogP contribution >= 0.6 is 0 Å². The predicted octanol–water partition coefficient (Wildman–Crippen LogP) is 0.343. The molecule has 4 heteroatoms. The number of hydrogen-bond acceptors (Lipinski definition) is 2. The lowest BCUT2D eigenvalue weighted by Crippen LogP contribution is -2.34. The molecule has 4 nitrogen and oxygen atoms in total. The Morgan fingerprint density at radius 2 is 1.58 bits per heavy atom. The lowest BCUT2D eigenvalue weighted by atomic mass is 9.95. The van der Waals surface area contributed by atoms with E-state index in [1.807, 2.05) is 0 Å². The molecule has 0 aromatic rings. The Balaban J connectivity index is 2.68. The van der Waals surface area contributed by atoms with Crippen molar-refractivity contribution >= 4 is 5.71 Å². The molecule has 1 fully saturated rings. The second-order valence-corrected chi connectivity index (χ2v) is 3.19. The molecule has 1 aliphatic carbocycles. The molecule has 1 aliphatic rings. The zero-order valence-electron chi connectivity index (χ0n) is 6.98. The average molecular weight is 170 g/mol. The zero-order valence-corrected chi connectivity index (χ0v) is 6.98. The van der Waals surface area contributed by atoms with Gasteiger partial charge in [-0.15, -0.1) is 0 Å². The summed E-state index contributed by atoms with van der Waals surface area (Å²) in [5.74, 6) is 0. The highest BCUT2D eigenvalue weighted by Gasteiger charge is 2.29. The van der Waals surface area contributed by atoms with E-state index in [0.29, 0.717) is 12.8 Å². The molecule has 0 bridgehead atoms. The molecule has 0 radical (unpaired) electrons. The SMILES string of the molecule is [N-]=[N+]=C1C(O)CCCCCC1O. The quantitative estimate of drug-likeness (QED) is 0.406. The summed E-state index contributed by atoms with van der Waals surface area (Å²) < 4.78 is 0. The molecule has 2 N–H and O–H groups in total. The molecule has 68 valence electrons. The van der Waals surface area contributed by atoms with Gasteiger partial charge >= 0.3 is 5.71 Å². The van der Waals surface area contributed by atoms with Gasteiger partial charge in [-0.05, 0) is 12.8 Å². The van der Waals surface area contributed by atoms with E-state index in [2.05, 4.69) is 4.79 Å². The van der Waals surface area contributed by atoms with Gasteiger partial charge in [-0.1, -0.05) is 19.3 Å². The Morgan fingerprint density at radius 1 is 1.08 bits per heavy atom. The van der Waals surface area contributed by atoms with Gasteiger partial charge in [0.25, 0.3) is 0 Å². The maximum Gasteiger partial charge on any atom is 0.324 e. The van der Waals surface area contributed by atoms with Crippen LogP contribution in [0.2, 0.25) is 0 Å². The van der Waals surface area contributed by atoms with Gasteiger partial charge in [-0.2, -0.15) is 4.79 Å². The molecule has 2 unspecified atom stereocenters. The number of hydrogen-bond donors (Lipinski definition) is 2. The van der Waals surface area contributed by atoms with Gasteiger partial charge < -0.3 is 15.7 Å². The first-order valence-electron chi connectivity index (χ1n) is 4.33. The molecule has 0 heterocycles. The Morgan fingerprint density at radius 3 is 2.00 bits per heavy atom. The van der Waals surface area contributed by atoms with Crippen LogP contribution in [0.1, 0.15) is 32.1 Å². The summed E-state index contributed by atoms with van der Waals surface area (Å²) in [4.78, 5) is 2.93. The largest absolute Gasteiger partial charge is 0.381 e. The molecule has 12 heavy (non-hydrogen) atoms. The van der Waals surface area contributed by atoms with E-state index in [4.69, 9.17) is 5.53 Å². The fourth-order valence-corrected chi connectivity index (χ4v) is 1.50. The van der Waals surface area contributed by atoms with Crippen molar-refractivity contribution in [2.75, 3.05) is 0 Å². The van der Waals surface area contributed by atoms with Gasteiger partial charge in [-0.3, -0.25) is 0 Å². The maximum atomic E-state index is 9.39. The Bertz CT molecular complexity index is 185. The van der Waals surface area contributed by atoms with Crippen molar-refractivity contribution in [3.8, 4) is 0 Å². The van der Waals surface area contributed by atoms with E-state index in [9.17, 15) is 10.2 Å². The van der Waals surface area contributed by atoms with Crippen molar-refractivity contribution in [1.29, 1.82) is 0 Å². The summed E-state index contributed by atoms with van der Waals surface area (Å²) in [6.07, 6.45) is 2.48. The minimum atomic E-state index is -0.773. The Hall–Kier alpha value is -0.700. The van der Waals surface area contributed by atoms with Crippen LogP contribution in [-0.4, -0.2) is 32.9 Å². The normalized spacial score (nSPS) is 32.0. The third-order valence-electron chi connectivity index (χ3n) is 2.25. The summed E-state index contributed by atoms with van der Waals surface area (Å²) >= 11 is 0. The lowest BCUT2D eigenvalue weighted by molar-refractivity contribution is -0.0407. The van der Waals surface area contributed by atoms with Crippen molar-refractivity contribution < 1.29 is 15.0 Å². The molecule has 2 atom stereocenters. The van der Waals surface area contributed by atoms with Gasteiger partial charge in [0.2, 0.25) is 0 Å². The van der Waals surface area contributed by atoms with E-state index in [1.165, 1.54) is 0 Å². The first-order valence-corrected chi connectivity index (χ1v) is 4.33. The van der Waals surface area contributed by atoms with Crippen LogP contribution in [0, 0.1) is 0 Å². The zero-order chi connectivity index (χ0) is 8.97. The summed E-state index contributed by atoms with van der Waals surface area (Å²) in [5, 5.41) is 18.8. The molecule has 0 saturated heterocycles. The summed E-state index contributed by atoms with van der Waals surface area (Å²) in [7, 11) is 0. The van der Waals surface area contributed by atoms with Crippen LogP contribution in [0.4, 0.5) is 0 Å². The van der Waals surface area contributed by atoms with E-state index in [1.54, 1.807) is 0 Å². The van der Waals surface area contributed by atoms with Crippen molar-refractivity contribution in [2.45, 2.75) is 44.3 Å². The van der Waals surface area contributed by atoms with Crippen LogP contribution in [0.15, 0.2) is 0 Å². The molecule has 1 rings (SSSR count). The number of aliphatic hydroxyl groups is 2. The van der Waals surface area contributed by atoms with Gasteiger partial charge in [0.05, 0.1) is 0 Å². The minimum Gasteiger partial charge on any atom is -0.381 e. The van der Waals surface area contributed by atoms with Gasteiger partial charge in [-0.25, -0.2) is 0 Å². The van der Waals surface area contributed by atoms with Crippen molar-refractivity contribution in [2.24, 2.45) is 0 Å². The highest BCUT2D eigenvalue weighted by Crippen LogP contribution is 2.14. The number of rotatable bonds is 0. The van der Waals surface area contributed by atoms with E-state index in [0.717, 1.165) is 19.3 Å². The van der Waals surface area contributed by atoms with E-state index < -0.39 is 12.2 Å². The molecular weight excluding hydrogens is 156 g/mol. The van der Waals surface area contributed by atoms with Gasteiger partial charge in [0, 0.05) is 0 Å². The standard InChI is InChI=1S/C8H14N2O2/c9-10-8-6(11)4-2-1-3-5-7(8)12/h6-7,11-12H,1-5H2. The molecule has 0 amide bonds. The summed E-state index contributed by atoms with van der Waals surface area (Å²) in [6, 6.07) is 0. The topological polar surface area (TPSA) is 76.9 Å². The third kappa shape index (κ3) is 2.14. The summed E-state index contributed by atoms with van der Waals surface area (Å²) in [6.45, 7) is 0. The highest BCUT2D eigenvalue weighted by atomic mass is 16.3. The smallest absolute Gasteiger partial charge is 0.324 e. The summed E-state index contributed by atoms with van der Waals surface area (Å²) in [5.41, 5.74) is 8.64. The second kappa shape index (κ2) is 4.36. The van der Waals surface area contributed by atoms with E-state index in [-0.39, 0.29) is 5.71 Å². The first-order chi connectivity index (χ1) is 5.75. The molecule has 0 aliphatic heterocycles. The number of aliphatic hydroxyl groups excluding tert-OH is 2. The fraction of sp³-hybridized carbons (Fsp3) is 0.875. The monoisotopic (exact) mass is 170 g/mol. The molecule has 0 aromatic carbocycles. The predicted molar refractivity (Wildman–Crippen MR) is 43.7 cm³/mol. The van der Waals surface area contributed by atoms with Crippen molar-refractivity contribution in [1.82, 2.24) is 0 Å². The first kappa shape index (κ1) is 9.39. The van der Waals surface area contributed by atoms with Crippen molar-refractivity contribution in [3.05, 3.63) is 5.53 Å². The van der Waals surface area contributed by atoms with Crippen LogP contribution < -0.4 is 0 Å². The average Bonchev–Trinajstić information content (AvgIpc) is 2.02. The van der Waals surface area contributed by atoms with Crippen molar-refractivity contribution in [3.63, 3.8) is 0 Å². The van der Waals surface area contributed by atoms with E-state index >= 15 is 0 Å². The van der Waals surface area contributed by atoms with Crippen LogP contribution in [0.5, 0.6) is 0 Å². The maximum absolute atomic E-state index is 9.39. The Kier molecular flexibility index (Phi) is 3.41. The molecule has 0 aromatic heterocycles. The lowest BCUT2D eigenvalue weighted by Gasteiger charge is -2.14. The highest BCUT2D eigenvalue weighted by molar-refractivity contribution is 5.87. The second-order valence-electron chi connectivity index (χ2n) is 3.19. The molecule has 1 saturated carbocycles. The van der Waals surface area contributed by atoms with Crippen LogP contribution in [0.3, 0.4) is 0 Å². The Labute approximate surface area is 71.5 Å². The number of nitrogens with zero attached hydrogens (tertiary/aromatic N) is 2. The third-order valence-corrected chi connectivity index (χ3v) is 2.25. The van der Waals surface area contributed by atoms with Crippen LogP contribution in [-0.2, 0) is 0 Å². The van der Waals surface area contributed by atoms with Crippen LogP contribution in [0.25, 0.3) is 5.53 Å². The molecular formula is C8H14N2O2.